The molecule has 2 saturated heterocycles. The van der Waals surface area contributed by atoms with E-state index >= 15 is 0 Å². The van der Waals surface area contributed by atoms with Gasteiger partial charge < -0.3 is 14.6 Å². The Morgan fingerprint density at radius 3 is 2.74 bits per heavy atom. The van der Waals surface area contributed by atoms with Crippen LogP contribution in [0, 0.1) is 29.9 Å². The van der Waals surface area contributed by atoms with E-state index in [2.05, 4.69) is 9.80 Å². The molecule has 0 radical (unpaired) electrons. The van der Waals surface area contributed by atoms with Crippen molar-refractivity contribution in [2.75, 3.05) is 45.9 Å². The first-order valence-electron chi connectivity index (χ1n) is 11.3. The number of aliphatic hydroxyl groups is 1. The Morgan fingerprint density at radius 1 is 1.24 bits per heavy atom. The minimum Gasteiger partial charge on any atom is -0.484 e. The van der Waals surface area contributed by atoms with Crippen molar-refractivity contribution in [2.24, 2.45) is 0 Å². The number of ether oxygens (including phenoxy) is 2. The number of nitriles is 1. The van der Waals surface area contributed by atoms with E-state index in [0.29, 0.717) is 37.6 Å². The lowest BCUT2D eigenvalue weighted by Gasteiger charge is -2.46. The van der Waals surface area contributed by atoms with E-state index < -0.39 is 23.3 Å². The number of β-amino-alcohol motifs (C(OH)–C–C–N with tert-alkyl or cyclic N) is 1. The number of ketones is 1. The van der Waals surface area contributed by atoms with Crippen LogP contribution in [0.15, 0.2) is 24.3 Å². The fourth-order valence-corrected chi connectivity index (χ4v) is 5.12. The zero-order chi connectivity index (χ0) is 24.0. The molecule has 2 aromatic rings. The van der Waals surface area contributed by atoms with Gasteiger partial charge in [-0.25, -0.2) is 8.78 Å². The van der Waals surface area contributed by atoms with Crippen LogP contribution >= 0.6 is 0 Å². The summed E-state index contributed by atoms with van der Waals surface area (Å²) in [4.78, 5) is 16.3. The largest absolute Gasteiger partial charge is 0.484 e. The topological polar surface area (TPSA) is 86.0 Å². The number of halogens is 2. The number of hydrogen-bond donors (Lipinski definition) is 1. The molecule has 3 heterocycles. The molecule has 0 spiro atoms. The smallest absolute Gasteiger partial charge is 0.203 e. The van der Waals surface area contributed by atoms with Crippen molar-refractivity contribution in [3.05, 3.63) is 63.7 Å². The van der Waals surface area contributed by atoms with E-state index in [4.69, 9.17) is 14.7 Å². The average Bonchev–Trinajstić information content (AvgIpc) is 3.20. The fraction of sp³-hybridized carbons (Fsp3) is 0.440. The summed E-state index contributed by atoms with van der Waals surface area (Å²) < 4.78 is 39.6. The second-order valence-electron chi connectivity index (χ2n) is 9.09. The molecular weight excluding hydrogens is 444 g/mol. The van der Waals surface area contributed by atoms with Crippen molar-refractivity contribution in [2.45, 2.75) is 25.2 Å². The first-order chi connectivity index (χ1) is 16.4. The Labute approximate surface area is 196 Å². The van der Waals surface area contributed by atoms with E-state index in [1.165, 1.54) is 6.07 Å². The number of carbonyl (C=O) groups is 1. The molecule has 178 valence electrons. The monoisotopic (exact) mass is 469 g/mol. The third-order valence-electron chi connectivity index (χ3n) is 7.01. The highest BCUT2D eigenvalue weighted by atomic mass is 19.1. The molecule has 34 heavy (non-hydrogen) atoms. The van der Waals surface area contributed by atoms with Crippen molar-refractivity contribution < 1.29 is 28.2 Å². The average molecular weight is 469 g/mol. The van der Waals surface area contributed by atoms with Crippen LogP contribution in [0.25, 0.3) is 0 Å². The Balaban J connectivity index is 1.22. The predicted octanol–water partition coefficient (Wildman–Crippen LogP) is 2.51. The molecule has 0 amide bonds. The summed E-state index contributed by atoms with van der Waals surface area (Å²) in [6.07, 6.45) is -1.19. The minimum absolute atomic E-state index is 0.000862. The first-order valence-corrected chi connectivity index (χ1v) is 11.3. The van der Waals surface area contributed by atoms with Gasteiger partial charge in [-0.05, 0) is 41.8 Å². The third-order valence-corrected chi connectivity index (χ3v) is 7.01. The number of hydrogen-bond acceptors (Lipinski definition) is 7. The lowest BCUT2D eigenvalue weighted by molar-refractivity contribution is -0.0939. The van der Waals surface area contributed by atoms with Gasteiger partial charge in [0.1, 0.15) is 29.0 Å². The maximum absolute atomic E-state index is 13.9. The Kier molecular flexibility index (Phi) is 6.08. The van der Waals surface area contributed by atoms with Gasteiger partial charge in [0.15, 0.2) is 6.61 Å². The highest BCUT2D eigenvalue weighted by molar-refractivity contribution is 6.02. The van der Waals surface area contributed by atoms with Gasteiger partial charge in [0, 0.05) is 38.8 Å². The molecule has 0 aromatic heterocycles. The van der Waals surface area contributed by atoms with Crippen molar-refractivity contribution >= 4 is 5.78 Å². The summed E-state index contributed by atoms with van der Waals surface area (Å²) in [5.74, 6) is -1.28. The molecule has 7 nitrogen and oxygen atoms in total. The predicted molar refractivity (Wildman–Crippen MR) is 118 cm³/mol. The number of benzene rings is 2. The van der Waals surface area contributed by atoms with Crippen LogP contribution in [0.5, 0.6) is 5.75 Å². The molecule has 9 heteroatoms. The second-order valence-corrected chi connectivity index (χ2v) is 9.09. The van der Waals surface area contributed by atoms with Gasteiger partial charge in [-0.1, -0.05) is 6.07 Å². The normalized spacial score (nSPS) is 23.7. The Morgan fingerprint density at radius 2 is 2.00 bits per heavy atom. The van der Waals surface area contributed by atoms with Gasteiger partial charge in [0.05, 0.1) is 24.4 Å². The number of rotatable bonds is 4. The van der Waals surface area contributed by atoms with E-state index in [1.807, 2.05) is 19.1 Å². The number of fused-ring (bicyclic) bond motifs is 2. The number of carbonyl (C=O) groups excluding carboxylic acids is 1. The number of nitrogens with zero attached hydrogens (tertiary/aromatic N) is 3. The summed E-state index contributed by atoms with van der Waals surface area (Å²) >= 11 is 0. The lowest BCUT2D eigenvalue weighted by Crippen LogP contribution is -2.58. The highest BCUT2D eigenvalue weighted by Crippen LogP contribution is 2.37. The number of Topliss-reactive ketones (excluding diaryl/α,β-unsaturated/α-hetero) is 1. The van der Waals surface area contributed by atoms with E-state index in [0.717, 1.165) is 29.8 Å². The van der Waals surface area contributed by atoms with Crippen molar-refractivity contribution in [3.8, 4) is 11.8 Å². The fourth-order valence-electron chi connectivity index (χ4n) is 5.12. The van der Waals surface area contributed by atoms with Crippen LogP contribution in [0.3, 0.4) is 0 Å². The summed E-state index contributed by atoms with van der Waals surface area (Å²) in [5.41, 5.74) is 2.06. The number of piperazine rings is 1. The van der Waals surface area contributed by atoms with Gasteiger partial charge in [-0.2, -0.15) is 5.26 Å². The minimum atomic E-state index is -1.07. The van der Waals surface area contributed by atoms with Crippen LogP contribution in [0.1, 0.15) is 44.8 Å². The molecule has 0 saturated carbocycles. The van der Waals surface area contributed by atoms with Crippen LogP contribution in [-0.4, -0.2) is 72.7 Å². The van der Waals surface area contributed by atoms with E-state index in [-0.39, 0.29) is 36.6 Å². The van der Waals surface area contributed by atoms with Crippen molar-refractivity contribution in [1.82, 2.24) is 9.80 Å². The maximum atomic E-state index is 13.9. The van der Waals surface area contributed by atoms with Crippen LogP contribution in [0.4, 0.5) is 8.78 Å². The van der Waals surface area contributed by atoms with Gasteiger partial charge in [0.2, 0.25) is 5.78 Å². The van der Waals surface area contributed by atoms with Crippen LogP contribution in [-0.2, 0) is 4.74 Å². The molecule has 1 unspecified atom stereocenters. The molecule has 0 aliphatic carbocycles. The molecule has 3 atom stereocenters. The molecule has 2 fully saturated rings. The zero-order valence-corrected chi connectivity index (χ0v) is 18.8. The molecular formula is C25H25F2N3O4. The number of aliphatic hydroxyl groups excluding tert-OH is 1. The first kappa shape index (κ1) is 22.9. The maximum Gasteiger partial charge on any atom is 0.203 e. The highest BCUT2D eigenvalue weighted by Gasteiger charge is 2.36. The lowest BCUT2D eigenvalue weighted by atomic mass is 9.96. The van der Waals surface area contributed by atoms with Crippen LogP contribution in [0.2, 0.25) is 0 Å². The molecule has 0 bridgehead atoms. The SMILES string of the molecule is Cc1c([C@@H]2CN3CCN(CC(O)c4cc(F)c(C#N)c(F)c4)C[C@H]3CO2)ccc2c1OCC2=O. The zero-order valence-electron chi connectivity index (χ0n) is 18.8. The quantitative estimate of drug-likeness (QED) is 0.737. The van der Waals surface area contributed by atoms with Crippen LogP contribution < -0.4 is 4.74 Å². The molecule has 3 aliphatic heterocycles. The summed E-state index contributed by atoms with van der Waals surface area (Å²) in [6, 6.07) is 7.44. The molecule has 2 aromatic carbocycles. The number of morpholine rings is 1. The summed E-state index contributed by atoms with van der Waals surface area (Å²) in [6.45, 7) is 5.61. The second kappa shape index (κ2) is 9.04. The van der Waals surface area contributed by atoms with Gasteiger partial charge >= 0.3 is 0 Å². The summed E-state index contributed by atoms with van der Waals surface area (Å²) in [7, 11) is 0. The van der Waals surface area contributed by atoms with Gasteiger partial charge in [0.25, 0.3) is 0 Å². The Bertz CT molecular complexity index is 1160. The standard InChI is InChI=1S/C25H25F2N3O4/c1-14-17(2-3-18-23(32)13-34-25(14)18)24-11-30-5-4-29(9-16(30)12-33-24)10-22(31)15-6-20(26)19(8-28)21(27)7-15/h2-3,6-7,16,22,24,31H,4-5,9-13H2,1H3/t16-,22?,24-/m0/s1. The van der Waals surface area contributed by atoms with Crippen molar-refractivity contribution in [3.63, 3.8) is 0 Å². The van der Waals surface area contributed by atoms with Gasteiger partial charge in [-0.15, -0.1) is 0 Å². The van der Waals surface area contributed by atoms with Crippen molar-refractivity contribution in [1.29, 1.82) is 5.26 Å². The molecule has 3 aliphatic rings. The Hall–Kier alpha value is -2.90. The molecule has 1 N–H and O–H groups in total. The summed E-state index contributed by atoms with van der Waals surface area (Å²) in [5, 5.41) is 19.4. The third kappa shape index (κ3) is 4.07. The van der Waals surface area contributed by atoms with Gasteiger partial charge in [-0.3, -0.25) is 14.6 Å². The molecule has 5 rings (SSSR count). The van der Waals surface area contributed by atoms with E-state index in [9.17, 15) is 18.7 Å². The van der Waals surface area contributed by atoms with E-state index in [1.54, 1.807) is 0 Å².